The zero-order chi connectivity index (χ0) is 13.4. The van der Waals surface area contributed by atoms with Crippen LogP contribution in [0.4, 0.5) is 0 Å². The third kappa shape index (κ3) is 1.76. The molecule has 0 aliphatic rings. The number of para-hydroxylation sites is 1. The van der Waals surface area contributed by atoms with Gasteiger partial charge in [-0.25, -0.2) is 9.48 Å². The van der Waals surface area contributed by atoms with Gasteiger partial charge in [-0.15, -0.1) is 5.10 Å². The maximum Gasteiger partial charge on any atom is 0.338 e. The van der Waals surface area contributed by atoms with Crippen molar-refractivity contribution in [3.05, 3.63) is 53.6 Å². The fraction of sp³-hybridized carbons (Fsp3) is 0.0714. The monoisotopic (exact) mass is 253 g/mol. The number of nitrogens with zero attached hydrogens (tertiary/aromatic N) is 3. The molecule has 5 heteroatoms. The highest BCUT2D eigenvalue weighted by atomic mass is 16.4. The van der Waals surface area contributed by atoms with E-state index in [0.29, 0.717) is 11.0 Å². The lowest BCUT2D eigenvalue weighted by Crippen LogP contribution is -1.99. The van der Waals surface area contributed by atoms with Crippen LogP contribution in [0.25, 0.3) is 16.7 Å². The Bertz CT molecular complexity index is 777. The molecule has 0 radical (unpaired) electrons. The van der Waals surface area contributed by atoms with Gasteiger partial charge in [0.25, 0.3) is 0 Å². The number of fused-ring (bicyclic) bond motifs is 1. The summed E-state index contributed by atoms with van der Waals surface area (Å²) in [5.41, 5.74) is 3.20. The van der Waals surface area contributed by atoms with Crippen molar-refractivity contribution in [1.82, 2.24) is 15.0 Å². The average Bonchev–Trinajstić information content (AvgIpc) is 2.82. The number of hydrogen-bond donors (Lipinski definition) is 1. The quantitative estimate of drug-likeness (QED) is 0.761. The molecule has 0 spiro atoms. The van der Waals surface area contributed by atoms with Crippen LogP contribution in [0.2, 0.25) is 0 Å². The number of benzene rings is 2. The number of rotatable bonds is 2. The topological polar surface area (TPSA) is 68.0 Å². The van der Waals surface area contributed by atoms with Gasteiger partial charge in [0, 0.05) is 0 Å². The van der Waals surface area contributed by atoms with Gasteiger partial charge < -0.3 is 5.11 Å². The molecule has 0 unspecified atom stereocenters. The summed E-state index contributed by atoms with van der Waals surface area (Å²) in [7, 11) is 0. The Morgan fingerprint density at radius 2 is 1.95 bits per heavy atom. The van der Waals surface area contributed by atoms with E-state index in [9.17, 15) is 4.79 Å². The van der Waals surface area contributed by atoms with Gasteiger partial charge in [0.2, 0.25) is 0 Å². The average molecular weight is 253 g/mol. The maximum atomic E-state index is 11.2. The molecule has 3 rings (SSSR count). The molecule has 0 bridgehead atoms. The number of carboxylic acids is 1. The van der Waals surface area contributed by atoms with E-state index in [1.165, 1.54) is 6.07 Å². The third-order valence-electron chi connectivity index (χ3n) is 3.05. The van der Waals surface area contributed by atoms with E-state index in [0.717, 1.165) is 11.3 Å². The van der Waals surface area contributed by atoms with Crippen LogP contribution in [0, 0.1) is 6.92 Å². The van der Waals surface area contributed by atoms with Crippen LogP contribution < -0.4 is 0 Å². The van der Waals surface area contributed by atoms with Gasteiger partial charge in [0.15, 0.2) is 0 Å². The van der Waals surface area contributed by atoms with Crippen molar-refractivity contribution >= 4 is 17.0 Å². The van der Waals surface area contributed by atoms with E-state index in [2.05, 4.69) is 10.3 Å². The molecule has 0 atom stereocenters. The van der Waals surface area contributed by atoms with Gasteiger partial charge >= 0.3 is 5.97 Å². The minimum atomic E-state index is -0.998. The maximum absolute atomic E-state index is 11.2. The van der Waals surface area contributed by atoms with Gasteiger partial charge in [0.05, 0.1) is 16.8 Å². The van der Waals surface area contributed by atoms with Crippen LogP contribution in [-0.2, 0) is 0 Å². The second-order valence-electron chi connectivity index (χ2n) is 4.27. The third-order valence-corrected chi connectivity index (χ3v) is 3.05. The van der Waals surface area contributed by atoms with Crippen molar-refractivity contribution < 1.29 is 9.90 Å². The van der Waals surface area contributed by atoms with Crippen molar-refractivity contribution in [3.63, 3.8) is 0 Å². The van der Waals surface area contributed by atoms with E-state index in [1.54, 1.807) is 10.7 Å². The zero-order valence-corrected chi connectivity index (χ0v) is 10.2. The second kappa shape index (κ2) is 4.20. The van der Waals surface area contributed by atoms with Crippen LogP contribution in [0.1, 0.15) is 15.9 Å². The Morgan fingerprint density at radius 1 is 1.16 bits per heavy atom. The number of carboxylic acid groups (broad SMARTS) is 1. The molecule has 1 N–H and O–H groups in total. The normalized spacial score (nSPS) is 10.8. The van der Waals surface area contributed by atoms with Crippen LogP contribution in [-0.4, -0.2) is 26.1 Å². The summed E-state index contributed by atoms with van der Waals surface area (Å²) >= 11 is 0. The number of aryl methyl sites for hydroxylation is 1. The summed E-state index contributed by atoms with van der Waals surface area (Å²) in [6.07, 6.45) is 0. The number of aromatic carboxylic acids is 1. The van der Waals surface area contributed by atoms with E-state index in [4.69, 9.17) is 5.11 Å². The van der Waals surface area contributed by atoms with Crippen LogP contribution in [0.15, 0.2) is 42.5 Å². The van der Waals surface area contributed by atoms with Gasteiger partial charge in [-0.05, 0) is 30.7 Å². The summed E-state index contributed by atoms with van der Waals surface area (Å²) < 4.78 is 1.66. The molecule has 0 fully saturated rings. The second-order valence-corrected chi connectivity index (χ2v) is 4.27. The molecule has 5 nitrogen and oxygen atoms in total. The van der Waals surface area contributed by atoms with Crippen molar-refractivity contribution in [2.75, 3.05) is 0 Å². The summed E-state index contributed by atoms with van der Waals surface area (Å²) in [5, 5.41) is 17.2. The molecule has 0 aliphatic heterocycles. The van der Waals surface area contributed by atoms with Crippen LogP contribution in [0.5, 0.6) is 0 Å². The molecule has 0 saturated carbocycles. The minimum absolute atomic E-state index is 0.164. The molecule has 1 aromatic heterocycles. The predicted molar refractivity (Wildman–Crippen MR) is 70.6 cm³/mol. The molecular weight excluding hydrogens is 242 g/mol. The lowest BCUT2D eigenvalue weighted by Gasteiger charge is -2.05. The SMILES string of the molecule is Cc1ccccc1-n1nnc2c(C(=O)O)cccc21. The molecule has 1 heterocycles. The lowest BCUT2D eigenvalue weighted by atomic mass is 10.1. The smallest absolute Gasteiger partial charge is 0.338 e. The molecule has 19 heavy (non-hydrogen) atoms. The largest absolute Gasteiger partial charge is 0.478 e. The fourth-order valence-electron chi connectivity index (χ4n) is 2.10. The highest BCUT2D eigenvalue weighted by Gasteiger charge is 2.14. The Hall–Kier alpha value is -2.69. The first-order valence-electron chi connectivity index (χ1n) is 5.82. The molecule has 0 amide bonds. The fourth-order valence-corrected chi connectivity index (χ4v) is 2.10. The van der Waals surface area contributed by atoms with E-state index in [1.807, 2.05) is 37.3 Å². The standard InChI is InChI=1S/C14H11N3O2/c1-9-5-2-3-7-11(9)17-12-8-4-6-10(14(18)19)13(12)15-16-17/h2-8H,1H3,(H,18,19). The Labute approximate surface area is 109 Å². The summed E-state index contributed by atoms with van der Waals surface area (Å²) in [6.45, 7) is 1.98. The van der Waals surface area contributed by atoms with Crippen molar-refractivity contribution in [2.45, 2.75) is 6.92 Å². The summed E-state index contributed by atoms with van der Waals surface area (Å²) in [5.74, 6) is -0.998. The highest BCUT2D eigenvalue weighted by molar-refractivity contribution is 6.00. The van der Waals surface area contributed by atoms with Crippen molar-refractivity contribution in [1.29, 1.82) is 0 Å². The van der Waals surface area contributed by atoms with E-state index in [-0.39, 0.29) is 5.56 Å². The number of aromatic nitrogens is 3. The van der Waals surface area contributed by atoms with E-state index >= 15 is 0 Å². The molecule has 94 valence electrons. The van der Waals surface area contributed by atoms with Gasteiger partial charge in [-0.3, -0.25) is 0 Å². The first kappa shape index (κ1) is 11.4. The van der Waals surface area contributed by atoms with Crippen molar-refractivity contribution in [2.24, 2.45) is 0 Å². The minimum Gasteiger partial charge on any atom is -0.478 e. The lowest BCUT2D eigenvalue weighted by molar-refractivity contribution is 0.0699. The highest BCUT2D eigenvalue weighted by Crippen LogP contribution is 2.21. The first-order chi connectivity index (χ1) is 9.18. The van der Waals surface area contributed by atoms with Gasteiger partial charge in [-0.2, -0.15) is 0 Å². The van der Waals surface area contributed by atoms with Crippen LogP contribution in [0.3, 0.4) is 0 Å². The summed E-state index contributed by atoms with van der Waals surface area (Å²) in [6, 6.07) is 12.8. The number of hydrogen-bond acceptors (Lipinski definition) is 3. The van der Waals surface area contributed by atoms with Crippen molar-refractivity contribution in [3.8, 4) is 5.69 Å². The molecule has 0 saturated heterocycles. The Morgan fingerprint density at radius 3 is 2.68 bits per heavy atom. The molecule has 0 aliphatic carbocycles. The predicted octanol–water partition coefficient (Wildman–Crippen LogP) is 2.43. The molecular formula is C14H11N3O2. The van der Waals surface area contributed by atoms with E-state index < -0.39 is 5.97 Å². The van der Waals surface area contributed by atoms with Crippen LogP contribution >= 0.6 is 0 Å². The molecule has 2 aromatic carbocycles. The summed E-state index contributed by atoms with van der Waals surface area (Å²) in [4.78, 5) is 11.2. The van der Waals surface area contributed by atoms with Gasteiger partial charge in [0.1, 0.15) is 5.52 Å². The zero-order valence-electron chi connectivity index (χ0n) is 10.2. The first-order valence-corrected chi connectivity index (χ1v) is 5.82. The Balaban J connectivity index is 2.31. The number of carbonyl (C=O) groups is 1. The molecule has 3 aromatic rings. The Kier molecular flexibility index (Phi) is 2.52. The van der Waals surface area contributed by atoms with Gasteiger partial charge in [-0.1, -0.05) is 29.5 Å².